The van der Waals surface area contributed by atoms with Gasteiger partial charge in [-0.05, 0) is 63.6 Å². The van der Waals surface area contributed by atoms with Crippen LogP contribution in [0.3, 0.4) is 0 Å². The molecular formula is C29H45N5O9. The van der Waals surface area contributed by atoms with Crippen LogP contribution in [-0.2, 0) is 25.6 Å². The Morgan fingerprint density at radius 3 is 2.16 bits per heavy atom. The molecule has 1 aromatic carbocycles. The van der Waals surface area contributed by atoms with Crippen LogP contribution in [0.15, 0.2) is 12.1 Å². The lowest BCUT2D eigenvalue weighted by Gasteiger charge is -2.41. The summed E-state index contributed by atoms with van der Waals surface area (Å²) in [6.07, 6.45) is -0.328. The van der Waals surface area contributed by atoms with E-state index in [9.17, 15) is 29.4 Å². The Bertz CT molecular complexity index is 1170. The fraction of sp³-hybridized carbons (Fsp3) is 0.655. The van der Waals surface area contributed by atoms with Crippen LogP contribution in [0.5, 0.6) is 17.2 Å². The van der Waals surface area contributed by atoms with E-state index < -0.39 is 53.6 Å². The maximum absolute atomic E-state index is 14.2. The number of nitrogens with zero attached hydrogens (tertiary/aromatic N) is 2. The van der Waals surface area contributed by atoms with Gasteiger partial charge in [0.05, 0.1) is 45.5 Å². The Morgan fingerprint density at radius 2 is 1.65 bits per heavy atom. The quantitative estimate of drug-likeness (QED) is 0.186. The van der Waals surface area contributed by atoms with Gasteiger partial charge in [-0.1, -0.05) is 0 Å². The number of methoxy groups -OCH3 is 3. The summed E-state index contributed by atoms with van der Waals surface area (Å²) in [7, 11) is 4.46. The van der Waals surface area contributed by atoms with Crippen molar-refractivity contribution < 1.29 is 43.6 Å². The molecule has 43 heavy (non-hydrogen) atoms. The predicted molar refractivity (Wildman–Crippen MR) is 155 cm³/mol. The molecule has 3 rings (SSSR count). The van der Waals surface area contributed by atoms with Gasteiger partial charge in [0.2, 0.25) is 29.4 Å². The largest absolute Gasteiger partial charge is 0.493 e. The van der Waals surface area contributed by atoms with E-state index in [2.05, 4.69) is 5.32 Å². The Hall–Kier alpha value is -3.62. The van der Waals surface area contributed by atoms with Crippen molar-refractivity contribution in [1.82, 2.24) is 15.1 Å². The molecule has 0 aromatic heterocycles. The molecule has 0 spiro atoms. The molecule has 240 valence electrons. The average molecular weight is 608 g/mol. The molecule has 14 heteroatoms. The molecule has 1 aromatic rings. The molecule has 2 heterocycles. The third kappa shape index (κ3) is 7.31. The fourth-order valence-electron chi connectivity index (χ4n) is 6.15. The van der Waals surface area contributed by atoms with Crippen LogP contribution in [0.2, 0.25) is 0 Å². The van der Waals surface area contributed by atoms with E-state index in [1.54, 1.807) is 17.0 Å². The van der Waals surface area contributed by atoms with Gasteiger partial charge in [0, 0.05) is 13.1 Å². The number of aliphatic hydroxyl groups excluding tert-OH is 2. The highest BCUT2D eigenvalue weighted by Gasteiger charge is 2.49. The number of nitrogens with one attached hydrogen (secondary N) is 1. The summed E-state index contributed by atoms with van der Waals surface area (Å²) >= 11 is 0. The number of nitrogens with two attached hydrogens (primary N) is 2. The molecule has 2 saturated heterocycles. The third-order valence-electron chi connectivity index (χ3n) is 8.34. The minimum atomic E-state index is -1.32. The van der Waals surface area contributed by atoms with Crippen LogP contribution < -0.4 is 31.0 Å². The number of carbonyl (C=O) groups excluding carboxylic acids is 4. The molecule has 4 amide bonds. The summed E-state index contributed by atoms with van der Waals surface area (Å²) in [6, 6.07) is 0.191. The van der Waals surface area contributed by atoms with Gasteiger partial charge in [0.15, 0.2) is 11.5 Å². The molecule has 0 aliphatic carbocycles. The highest BCUT2D eigenvalue weighted by atomic mass is 16.5. The number of hydrogen-bond acceptors (Lipinski definition) is 10. The first kappa shape index (κ1) is 33.9. The third-order valence-corrected chi connectivity index (χ3v) is 8.34. The van der Waals surface area contributed by atoms with Gasteiger partial charge in [0.25, 0.3) is 0 Å². The molecule has 6 atom stereocenters. The van der Waals surface area contributed by atoms with Gasteiger partial charge in [-0.15, -0.1) is 0 Å². The molecule has 0 bridgehead atoms. The van der Waals surface area contributed by atoms with E-state index in [0.717, 1.165) is 0 Å². The van der Waals surface area contributed by atoms with Crippen molar-refractivity contribution in [2.24, 2.45) is 11.5 Å². The molecule has 0 unspecified atom stereocenters. The van der Waals surface area contributed by atoms with Crippen LogP contribution in [-0.4, -0.2) is 114 Å². The van der Waals surface area contributed by atoms with E-state index in [-0.39, 0.29) is 18.7 Å². The number of carbonyl (C=O) groups is 4. The summed E-state index contributed by atoms with van der Waals surface area (Å²) < 4.78 is 16.5. The number of likely N-dealkylation sites (tertiary alicyclic amines) is 2. The lowest BCUT2D eigenvalue weighted by atomic mass is 9.83. The molecule has 14 nitrogen and oxygen atoms in total. The second-order valence-corrected chi connectivity index (χ2v) is 11.3. The predicted octanol–water partition coefficient (Wildman–Crippen LogP) is -0.944. The average Bonchev–Trinajstić information content (AvgIpc) is 3.61. The van der Waals surface area contributed by atoms with Crippen LogP contribution in [0, 0.1) is 0 Å². The van der Waals surface area contributed by atoms with Crippen LogP contribution in [0.1, 0.15) is 51.5 Å². The number of amides is 4. The molecular weight excluding hydrogens is 562 g/mol. The van der Waals surface area contributed by atoms with Crippen molar-refractivity contribution >= 4 is 23.6 Å². The Kier molecular flexibility index (Phi) is 11.2. The number of aliphatic hydroxyl groups is 2. The summed E-state index contributed by atoms with van der Waals surface area (Å²) in [5.41, 5.74) is 11.0. The van der Waals surface area contributed by atoms with Crippen LogP contribution in [0.4, 0.5) is 0 Å². The highest BCUT2D eigenvalue weighted by Crippen LogP contribution is 2.43. The number of ether oxygens (including phenoxy) is 3. The summed E-state index contributed by atoms with van der Waals surface area (Å²) in [6.45, 7) is 3.41. The monoisotopic (exact) mass is 607 g/mol. The van der Waals surface area contributed by atoms with Crippen LogP contribution >= 0.6 is 0 Å². The van der Waals surface area contributed by atoms with E-state index >= 15 is 0 Å². The second kappa shape index (κ2) is 14.2. The van der Waals surface area contributed by atoms with E-state index in [1.165, 1.54) is 40.1 Å². The van der Waals surface area contributed by atoms with Crippen LogP contribution in [0.25, 0.3) is 0 Å². The van der Waals surface area contributed by atoms with Gasteiger partial charge >= 0.3 is 0 Å². The first-order chi connectivity index (χ1) is 20.3. The summed E-state index contributed by atoms with van der Waals surface area (Å²) in [4.78, 5) is 55.7. The van der Waals surface area contributed by atoms with Crippen molar-refractivity contribution in [3.8, 4) is 17.2 Å². The first-order valence-electron chi connectivity index (χ1n) is 14.4. The molecule has 2 aliphatic rings. The number of rotatable bonds is 13. The standard InChI is InChI=1S/C29H45N5O9/c1-16(35)23(30)28(40)33-10-6-8-19(33)27(39)34-11-7-9-29(34,15-22(37)32-24(17(2)36)26(31)38)14-18-12-20(41-3)25(43-5)21(13-18)42-4/h12-13,16-17,19,23-24,35-36H,6-11,14-15,30H2,1-5H3,(H2,31,38)(H,32,37)/t16-,17-,19+,23+,24+,29-/m1/s1. The van der Waals surface area contributed by atoms with E-state index in [4.69, 9.17) is 25.7 Å². The smallest absolute Gasteiger partial charge is 0.245 e. The van der Waals surface area contributed by atoms with E-state index in [0.29, 0.717) is 61.6 Å². The van der Waals surface area contributed by atoms with Crippen molar-refractivity contribution in [2.75, 3.05) is 34.4 Å². The summed E-state index contributed by atoms with van der Waals surface area (Å²) in [5, 5.41) is 22.5. The maximum Gasteiger partial charge on any atom is 0.245 e. The van der Waals surface area contributed by atoms with Gasteiger partial charge in [-0.3, -0.25) is 19.2 Å². The topological polar surface area (TPSA) is 207 Å². The molecule has 0 saturated carbocycles. The van der Waals surface area contributed by atoms with Gasteiger partial charge in [-0.2, -0.15) is 0 Å². The SMILES string of the molecule is COc1cc(C[C@@]2(CC(=O)N[C@H](C(N)=O)[C@@H](C)O)CCCN2C(=O)[C@@H]2CCCN2C(=O)[C@@H](N)[C@@H](C)O)cc(OC)c1OC. The molecule has 7 N–H and O–H groups in total. The lowest BCUT2D eigenvalue weighted by Crippen LogP contribution is -2.59. The van der Waals surface area contributed by atoms with Crippen molar-refractivity contribution in [1.29, 1.82) is 0 Å². The fourth-order valence-corrected chi connectivity index (χ4v) is 6.15. The first-order valence-corrected chi connectivity index (χ1v) is 14.4. The zero-order chi connectivity index (χ0) is 32.1. The molecule has 0 radical (unpaired) electrons. The minimum absolute atomic E-state index is 0.201. The Labute approximate surface area is 251 Å². The summed E-state index contributed by atoms with van der Waals surface area (Å²) in [5.74, 6) is -1.13. The molecule has 2 aliphatic heterocycles. The van der Waals surface area contributed by atoms with Crippen molar-refractivity contribution in [3.63, 3.8) is 0 Å². The second-order valence-electron chi connectivity index (χ2n) is 11.3. The zero-order valence-electron chi connectivity index (χ0n) is 25.5. The van der Waals surface area contributed by atoms with Gasteiger partial charge < -0.3 is 51.0 Å². The zero-order valence-corrected chi connectivity index (χ0v) is 25.5. The number of benzene rings is 1. The Balaban J connectivity index is 2.03. The minimum Gasteiger partial charge on any atom is -0.493 e. The normalized spacial score (nSPS) is 22.8. The van der Waals surface area contributed by atoms with Crippen molar-refractivity contribution in [3.05, 3.63) is 17.7 Å². The molecule has 2 fully saturated rings. The van der Waals surface area contributed by atoms with Crippen molar-refractivity contribution in [2.45, 2.75) is 88.2 Å². The number of primary amides is 1. The lowest BCUT2D eigenvalue weighted by molar-refractivity contribution is -0.149. The highest BCUT2D eigenvalue weighted by molar-refractivity contribution is 5.92. The Morgan fingerprint density at radius 1 is 1.02 bits per heavy atom. The maximum atomic E-state index is 14.2. The van der Waals surface area contributed by atoms with Gasteiger partial charge in [0.1, 0.15) is 18.1 Å². The van der Waals surface area contributed by atoms with Gasteiger partial charge in [-0.25, -0.2) is 0 Å². The number of hydrogen-bond donors (Lipinski definition) is 5. The van der Waals surface area contributed by atoms with E-state index in [1.807, 2.05) is 0 Å².